The highest BCUT2D eigenvalue weighted by atomic mass is 35.5. The first kappa shape index (κ1) is 17.9. The average Bonchev–Trinajstić information content (AvgIpc) is 3.39. The molecule has 0 radical (unpaired) electrons. The molecule has 7 heteroatoms. The predicted molar refractivity (Wildman–Crippen MR) is 118 cm³/mol. The van der Waals surface area contributed by atoms with Crippen LogP contribution in [-0.2, 0) is 0 Å². The summed E-state index contributed by atoms with van der Waals surface area (Å²) in [6, 6.07) is 15.9. The first-order valence-electron chi connectivity index (χ1n) is 9.78. The second-order valence-corrected chi connectivity index (χ2v) is 7.71. The van der Waals surface area contributed by atoms with Crippen LogP contribution in [0.5, 0.6) is 0 Å². The van der Waals surface area contributed by atoms with Gasteiger partial charge in [0, 0.05) is 18.8 Å². The molecule has 6 nitrogen and oxygen atoms in total. The molecule has 146 valence electrons. The fourth-order valence-electron chi connectivity index (χ4n) is 3.71. The van der Waals surface area contributed by atoms with Crippen LogP contribution in [0.15, 0.2) is 54.7 Å². The summed E-state index contributed by atoms with van der Waals surface area (Å²) in [6.07, 6.45) is 4.11. The molecule has 0 amide bonds. The molecule has 1 aliphatic heterocycles. The first-order valence-corrected chi connectivity index (χ1v) is 10.2. The quantitative estimate of drug-likeness (QED) is 0.511. The van der Waals surface area contributed by atoms with Crippen molar-refractivity contribution in [1.29, 1.82) is 0 Å². The summed E-state index contributed by atoms with van der Waals surface area (Å²) in [5.41, 5.74) is 3.72. The van der Waals surface area contributed by atoms with Gasteiger partial charge in [-0.25, -0.2) is 4.68 Å². The third kappa shape index (κ3) is 3.40. The van der Waals surface area contributed by atoms with E-state index in [1.807, 2.05) is 36.4 Å². The van der Waals surface area contributed by atoms with Crippen molar-refractivity contribution in [3.8, 4) is 5.69 Å². The van der Waals surface area contributed by atoms with Crippen LogP contribution < -0.4 is 10.2 Å². The van der Waals surface area contributed by atoms with E-state index in [9.17, 15) is 0 Å². The number of halogens is 1. The second kappa shape index (κ2) is 7.37. The van der Waals surface area contributed by atoms with E-state index in [1.54, 1.807) is 10.9 Å². The number of anilines is 3. The van der Waals surface area contributed by atoms with Crippen molar-refractivity contribution >= 4 is 40.1 Å². The van der Waals surface area contributed by atoms with Crippen molar-refractivity contribution in [2.75, 3.05) is 23.3 Å². The maximum absolute atomic E-state index is 6.44. The molecule has 0 spiro atoms. The zero-order valence-electron chi connectivity index (χ0n) is 16.1. The minimum atomic E-state index is 0.632. The first-order chi connectivity index (χ1) is 14.2. The van der Waals surface area contributed by atoms with Gasteiger partial charge in [0.1, 0.15) is 5.82 Å². The Kier molecular flexibility index (Phi) is 4.56. The number of aromatic nitrogens is 4. The van der Waals surface area contributed by atoms with Gasteiger partial charge in [-0.05, 0) is 49.6 Å². The van der Waals surface area contributed by atoms with Gasteiger partial charge in [0.2, 0.25) is 5.95 Å². The maximum Gasteiger partial charge on any atom is 0.229 e. The van der Waals surface area contributed by atoms with Crippen molar-refractivity contribution in [1.82, 2.24) is 19.7 Å². The van der Waals surface area contributed by atoms with E-state index in [0.717, 1.165) is 60.1 Å². The van der Waals surface area contributed by atoms with Crippen molar-refractivity contribution in [2.45, 2.75) is 19.8 Å². The SMILES string of the molecule is Cc1cccc(Nc2nc(N3CCCC3)nc3c2cnn3-c2ccccc2Cl)c1. The Hall–Kier alpha value is -3.12. The molecule has 0 unspecified atom stereocenters. The molecule has 1 fully saturated rings. The Morgan fingerprint density at radius 2 is 1.83 bits per heavy atom. The van der Waals surface area contributed by atoms with Gasteiger partial charge in [0.25, 0.3) is 0 Å². The molecular formula is C22H21ClN6. The summed E-state index contributed by atoms with van der Waals surface area (Å²) in [6.45, 7) is 4.01. The van der Waals surface area contributed by atoms with Crippen molar-refractivity contribution in [3.63, 3.8) is 0 Å². The van der Waals surface area contributed by atoms with E-state index in [4.69, 9.17) is 21.6 Å². The molecule has 3 heterocycles. The smallest absolute Gasteiger partial charge is 0.229 e. The number of fused-ring (bicyclic) bond motifs is 1. The molecule has 0 aliphatic carbocycles. The summed E-state index contributed by atoms with van der Waals surface area (Å²) < 4.78 is 1.79. The van der Waals surface area contributed by atoms with Crippen LogP contribution in [0.4, 0.5) is 17.5 Å². The molecule has 0 atom stereocenters. The molecule has 1 saturated heterocycles. The number of rotatable bonds is 4. The summed E-state index contributed by atoms with van der Waals surface area (Å²) in [5.74, 6) is 1.47. The number of nitrogens with zero attached hydrogens (tertiary/aromatic N) is 5. The van der Waals surface area contributed by atoms with Gasteiger partial charge in [-0.3, -0.25) is 0 Å². The second-order valence-electron chi connectivity index (χ2n) is 7.31. The number of benzene rings is 2. The number of hydrogen-bond acceptors (Lipinski definition) is 5. The number of nitrogens with one attached hydrogen (secondary N) is 1. The van der Waals surface area contributed by atoms with Crippen LogP contribution in [0.2, 0.25) is 5.02 Å². The van der Waals surface area contributed by atoms with Gasteiger partial charge in [-0.1, -0.05) is 35.9 Å². The summed E-state index contributed by atoms with van der Waals surface area (Å²) in [4.78, 5) is 12.0. The van der Waals surface area contributed by atoms with Gasteiger partial charge in [0.15, 0.2) is 5.65 Å². The lowest BCUT2D eigenvalue weighted by molar-refractivity contribution is 0.873. The number of hydrogen-bond donors (Lipinski definition) is 1. The third-order valence-electron chi connectivity index (χ3n) is 5.17. The van der Waals surface area contributed by atoms with Crippen LogP contribution in [0.1, 0.15) is 18.4 Å². The Bertz CT molecular complexity index is 1180. The predicted octanol–water partition coefficient (Wildman–Crippen LogP) is 5.12. The summed E-state index contributed by atoms with van der Waals surface area (Å²) in [7, 11) is 0. The summed E-state index contributed by atoms with van der Waals surface area (Å²) in [5, 5.41) is 9.54. The van der Waals surface area contributed by atoms with Crippen molar-refractivity contribution in [2.24, 2.45) is 0 Å². The van der Waals surface area contributed by atoms with E-state index in [0.29, 0.717) is 5.02 Å². The Morgan fingerprint density at radius 1 is 1.00 bits per heavy atom. The zero-order valence-corrected chi connectivity index (χ0v) is 16.9. The molecule has 0 bridgehead atoms. The average molecular weight is 405 g/mol. The summed E-state index contributed by atoms with van der Waals surface area (Å²) >= 11 is 6.44. The van der Waals surface area contributed by atoms with Gasteiger partial charge >= 0.3 is 0 Å². The minimum Gasteiger partial charge on any atom is -0.341 e. The lowest BCUT2D eigenvalue weighted by Crippen LogP contribution is -2.21. The van der Waals surface area contributed by atoms with Crippen molar-refractivity contribution in [3.05, 3.63) is 65.3 Å². The molecule has 1 aliphatic rings. The van der Waals surface area contributed by atoms with Gasteiger partial charge in [-0.2, -0.15) is 15.1 Å². The highest BCUT2D eigenvalue weighted by molar-refractivity contribution is 6.32. The van der Waals surface area contributed by atoms with Crippen molar-refractivity contribution < 1.29 is 0 Å². The minimum absolute atomic E-state index is 0.632. The molecule has 1 N–H and O–H groups in total. The van der Waals surface area contributed by atoms with Crippen LogP contribution in [0.25, 0.3) is 16.7 Å². The molecule has 4 aromatic rings. The number of aryl methyl sites for hydroxylation is 1. The van der Waals surface area contributed by atoms with Crippen LogP contribution in [-0.4, -0.2) is 32.8 Å². The van der Waals surface area contributed by atoms with E-state index < -0.39 is 0 Å². The third-order valence-corrected chi connectivity index (χ3v) is 5.49. The normalized spacial score (nSPS) is 13.9. The maximum atomic E-state index is 6.44. The van der Waals surface area contributed by atoms with E-state index in [1.165, 1.54) is 5.56 Å². The largest absolute Gasteiger partial charge is 0.341 e. The fraction of sp³-hybridized carbons (Fsp3) is 0.227. The van der Waals surface area contributed by atoms with Crippen LogP contribution in [0.3, 0.4) is 0 Å². The zero-order chi connectivity index (χ0) is 19.8. The molecule has 0 saturated carbocycles. The Labute approximate surface area is 174 Å². The van der Waals surface area contributed by atoms with Crippen LogP contribution >= 0.6 is 11.6 Å². The lowest BCUT2D eigenvalue weighted by atomic mass is 10.2. The molecule has 29 heavy (non-hydrogen) atoms. The number of para-hydroxylation sites is 1. The van der Waals surface area contributed by atoms with Gasteiger partial charge in [-0.15, -0.1) is 0 Å². The van der Waals surface area contributed by atoms with Gasteiger partial charge < -0.3 is 10.2 Å². The molecule has 5 rings (SSSR count). The Morgan fingerprint density at radius 3 is 2.62 bits per heavy atom. The van der Waals surface area contributed by atoms with Gasteiger partial charge in [0.05, 0.1) is 22.3 Å². The topological polar surface area (TPSA) is 58.9 Å². The Balaban J connectivity index is 1.68. The van der Waals surface area contributed by atoms with E-state index in [2.05, 4.69) is 34.4 Å². The molecular weight excluding hydrogens is 384 g/mol. The lowest BCUT2D eigenvalue weighted by Gasteiger charge is -2.17. The highest BCUT2D eigenvalue weighted by Crippen LogP contribution is 2.30. The monoisotopic (exact) mass is 404 g/mol. The highest BCUT2D eigenvalue weighted by Gasteiger charge is 2.20. The molecule has 2 aromatic heterocycles. The molecule has 2 aromatic carbocycles. The van der Waals surface area contributed by atoms with Crippen LogP contribution in [0, 0.1) is 6.92 Å². The standard InChI is InChI=1S/C22H21ClN6/c1-15-7-6-8-16(13-15)25-20-17-14-24-29(19-10-3-2-9-18(19)23)21(17)27-22(26-20)28-11-4-5-12-28/h2-3,6-10,13-14H,4-5,11-12H2,1H3,(H,25,26,27). The fourth-order valence-corrected chi connectivity index (χ4v) is 3.93. The van der Waals surface area contributed by atoms with E-state index >= 15 is 0 Å². The van der Waals surface area contributed by atoms with E-state index in [-0.39, 0.29) is 0 Å².